The average molecular weight is 466 g/mol. The third-order valence-corrected chi connectivity index (χ3v) is 6.73. The normalized spacial score (nSPS) is 17.3. The van der Waals surface area contributed by atoms with Crippen molar-refractivity contribution in [1.82, 2.24) is 14.9 Å². The van der Waals surface area contributed by atoms with Crippen molar-refractivity contribution in [2.75, 3.05) is 54.8 Å². The number of anilines is 2. The molecule has 0 bridgehead atoms. The van der Waals surface area contributed by atoms with Crippen LogP contribution in [-0.2, 0) is 4.79 Å². The van der Waals surface area contributed by atoms with Crippen LogP contribution in [0.2, 0.25) is 10.2 Å². The number of amides is 1. The van der Waals surface area contributed by atoms with E-state index in [9.17, 15) is 4.79 Å². The van der Waals surface area contributed by atoms with Crippen LogP contribution in [0.4, 0.5) is 11.5 Å². The van der Waals surface area contributed by atoms with Gasteiger partial charge in [0.05, 0.1) is 5.75 Å². The van der Waals surface area contributed by atoms with Gasteiger partial charge in [0.2, 0.25) is 5.91 Å². The predicted molar refractivity (Wildman–Crippen MR) is 124 cm³/mol. The Hall–Kier alpha value is -1.70. The van der Waals surface area contributed by atoms with E-state index < -0.39 is 0 Å². The second-order valence-electron chi connectivity index (χ2n) is 7.52. The maximum Gasteiger partial charge on any atom is 0.233 e. The van der Waals surface area contributed by atoms with Crippen molar-refractivity contribution in [2.45, 2.75) is 24.4 Å². The lowest BCUT2D eigenvalue weighted by Crippen LogP contribution is -2.49. The number of carbonyl (C=O) groups excluding carboxylic acids is 1. The molecule has 2 aliphatic heterocycles. The summed E-state index contributed by atoms with van der Waals surface area (Å²) in [4.78, 5) is 28.1. The van der Waals surface area contributed by atoms with E-state index in [1.165, 1.54) is 31.0 Å². The van der Waals surface area contributed by atoms with Crippen LogP contribution in [-0.4, -0.2) is 65.8 Å². The fourth-order valence-corrected chi connectivity index (χ4v) is 5.01. The van der Waals surface area contributed by atoms with E-state index in [4.69, 9.17) is 23.2 Å². The zero-order valence-electron chi connectivity index (χ0n) is 16.8. The van der Waals surface area contributed by atoms with Crippen molar-refractivity contribution < 1.29 is 4.79 Å². The van der Waals surface area contributed by atoms with E-state index in [1.54, 1.807) is 0 Å². The fourth-order valence-electron chi connectivity index (χ4n) is 3.84. The molecule has 0 saturated carbocycles. The molecular formula is C21H25Cl2N5OS. The molecule has 0 radical (unpaired) electrons. The van der Waals surface area contributed by atoms with E-state index in [0.717, 1.165) is 42.7 Å². The molecule has 1 amide bonds. The van der Waals surface area contributed by atoms with Crippen LogP contribution in [0.25, 0.3) is 0 Å². The standard InChI is InChI=1S/C21H25Cl2N5OS/c22-16-5-4-6-17(13-16)26-9-11-28(12-10-26)20(29)15-30-21-24-18(23)14-19(25-21)27-7-2-1-3-8-27/h4-6,13-14H,1-3,7-12,15H2. The molecule has 0 atom stereocenters. The summed E-state index contributed by atoms with van der Waals surface area (Å²) in [5.74, 6) is 1.28. The van der Waals surface area contributed by atoms with Crippen molar-refractivity contribution in [2.24, 2.45) is 0 Å². The van der Waals surface area contributed by atoms with Gasteiger partial charge in [0.25, 0.3) is 0 Å². The highest BCUT2D eigenvalue weighted by Gasteiger charge is 2.22. The second kappa shape index (κ2) is 10.1. The molecule has 9 heteroatoms. The third-order valence-electron chi connectivity index (χ3n) is 5.47. The number of hydrogen-bond donors (Lipinski definition) is 0. The van der Waals surface area contributed by atoms with E-state index in [0.29, 0.717) is 29.2 Å². The Morgan fingerprint density at radius 2 is 1.70 bits per heavy atom. The molecule has 2 fully saturated rings. The van der Waals surface area contributed by atoms with Gasteiger partial charge in [-0.1, -0.05) is 41.0 Å². The van der Waals surface area contributed by atoms with Gasteiger partial charge in [-0.05, 0) is 37.5 Å². The van der Waals surface area contributed by atoms with Crippen molar-refractivity contribution >= 4 is 52.4 Å². The summed E-state index contributed by atoms with van der Waals surface area (Å²) in [5, 5.41) is 1.72. The van der Waals surface area contributed by atoms with E-state index in [2.05, 4.69) is 25.8 Å². The molecule has 3 heterocycles. The predicted octanol–water partition coefficient (Wildman–Crippen LogP) is 4.21. The molecule has 30 heavy (non-hydrogen) atoms. The van der Waals surface area contributed by atoms with Gasteiger partial charge in [-0.2, -0.15) is 0 Å². The summed E-state index contributed by atoms with van der Waals surface area (Å²) in [6.45, 7) is 4.97. The lowest BCUT2D eigenvalue weighted by Gasteiger charge is -2.36. The van der Waals surface area contributed by atoms with Crippen molar-refractivity contribution in [3.8, 4) is 0 Å². The summed E-state index contributed by atoms with van der Waals surface area (Å²) >= 11 is 13.7. The van der Waals surface area contributed by atoms with Crippen LogP contribution in [0.15, 0.2) is 35.5 Å². The molecule has 0 unspecified atom stereocenters. The maximum absolute atomic E-state index is 12.7. The minimum atomic E-state index is 0.105. The van der Waals surface area contributed by atoms with Crippen LogP contribution < -0.4 is 9.80 Å². The first kappa shape index (κ1) is 21.5. The number of halogens is 2. The largest absolute Gasteiger partial charge is 0.368 e. The lowest BCUT2D eigenvalue weighted by molar-refractivity contribution is -0.128. The molecule has 1 aromatic carbocycles. The Morgan fingerprint density at radius 3 is 2.43 bits per heavy atom. The molecule has 2 aromatic rings. The topological polar surface area (TPSA) is 52.6 Å². The van der Waals surface area contributed by atoms with Crippen LogP contribution in [0, 0.1) is 0 Å². The summed E-state index contributed by atoms with van der Waals surface area (Å²) in [6.07, 6.45) is 3.60. The zero-order chi connectivity index (χ0) is 20.9. The highest BCUT2D eigenvalue weighted by atomic mass is 35.5. The first-order valence-electron chi connectivity index (χ1n) is 10.3. The number of hydrogen-bond acceptors (Lipinski definition) is 6. The van der Waals surface area contributed by atoms with Gasteiger partial charge in [0.1, 0.15) is 11.0 Å². The SMILES string of the molecule is O=C(CSc1nc(Cl)cc(N2CCCCC2)n1)N1CCN(c2cccc(Cl)c2)CC1. The Kier molecular flexibility index (Phi) is 7.23. The molecule has 6 nitrogen and oxygen atoms in total. The molecule has 1 aromatic heterocycles. The quantitative estimate of drug-likeness (QED) is 0.374. The molecule has 0 N–H and O–H groups in total. The molecule has 0 spiro atoms. The van der Waals surface area contributed by atoms with E-state index in [-0.39, 0.29) is 5.91 Å². The van der Waals surface area contributed by atoms with Gasteiger partial charge in [-0.15, -0.1) is 0 Å². The smallest absolute Gasteiger partial charge is 0.233 e. The van der Waals surface area contributed by atoms with Crippen LogP contribution >= 0.6 is 35.0 Å². The summed E-state index contributed by atoms with van der Waals surface area (Å²) < 4.78 is 0. The Bertz CT molecular complexity index is 885. The van der Waals surface area contributed by atoms with Gasteiger partial charge in [-0.3, -0.25) is 4.79 Å². The van der Waals surface area contributed by atoms with Gasteiger partial charge in [0.15, 0.2) is 5.16 Å². The number of piperidine rings is 1. The van der Waals surface area contributed by atoms with Crippen molar-refractivity contribution in [3.63, 3.8) is 0 Å². The molecule has 0 aliphatic carbocycles. The summed E-state index contributed by atoms with van der Waals surface area (Å²) in [7, 11) is 0. The van der Waals surface area contributed by atoms with Crippen LogP contribution in [0.3, 0.4) is 0 Å². The second-order valence-corrected chi connectivity index (χ2v) is 9.28. The molecule has 2 aliphatic rings. The molecule has 2 saturated heterocycles. The Morgan fingerprint density at radius 1 is 0.933 bits per heavy atom. The summed E-state index contributed by atoms with van der Waals surface area (Å²) in [6, 6.07) is 9.65. The lowest BCUT2D eigenvalue weighted by atomic mass is 10.1. The number of aromatic nitrogens is 2. The number of piperazine rings is 1. The fraction of sp³-hybridized carbons (Fsp3) is 0.476. The van der Waals surface area contributed by atoms with E-state index in [1.807, 2.05) is 29.2 Å². The van der Waals surface area contributed by atoms with Gasteiger partial charge < -0.3 is 14.7 Å². The maximum atomic E-state index is 12.7. The van der Waals surface area contributed by atoms with Gasteiger partial charge in [0, 0.05) is 56.0 Å². The van der Waals surface area contributed by atoms with Crippen LogP contribution in [0.1, 0.15) is 19.3 Å². The molecular weight excluding hydrogens is 441 g/mol. The zero-order valence-corrected chi connectivity index (χ0v) is 19.1. The number of nitrogens with zero attached hydrogens (tertiary/aromatic N) is 5. The minimum absolute atomic E-state index is 0.105. The summed E-state index contributed by atoms with van der Waals surface area (Å²) in [5.41, 5.74) is 1.10. The number of thioether (sulfide) groups is 1. The first-order chi connectivity index (χ1) is 14.6. The third kappa shape index (κ3) is 5.50. The van der Waals surface area contributed by atoms with Crippen LogP contribution in [0.5, 0.6) is 0 Å². The Balaban J connectivity index is 1.30. The number of carbonyl (C=O) groups is 1. The highest BCUT2D eigenvalue weighted by Crippen LogP contribution is 2.25. The molecule has 4 rings (SSSR count). The average Bonchev–Trinajstić information content (AvgIpc) is 2.78. The number of benzene rings is 1. The first-order valence-corrected chi connectivity index (χ1v) is 12.0. The van der Waals surface area contributed by atoms with Gasteiger partial charge >= 0.3 is 0 Å². The highest BCUT2D eigenvalue weighted by molar-refractivity contribution is 7.99. The van der Waals surface area contributed by atoms with E-state index >= 15 is 0 Å². The Labute approximate surface area is 191 Å². The number of rotatable bonds is 5. The van der Waals surface area contributed by atoms with Crippen molar-refractivity contribution in [3.05, 3.63) is 40.5 Å². The minimum Gasteiger partial charge on any atom is -0.368 e. The monoisotopic (exact) mass is 465 g/mol. The van der Waals surface area contributed by atoms with Gasteiger partial charge in [-0.25, -0.2) is 9.97 Å². The molecule has 160 valence electrons. The van der Waals surface area contributed by atoms with Crippen molar-refractivity contribution in [1.29, 1.82) is 0 Å².